The minimum atomic E-state index is -1.06. The molecule has 0 saturated heterocycles. The summed E-state index contributed by atoms with van der Waals surface area (Å²) < 4.78 is 7.30. The van der Waals surface area contributed by atoms with Crippen LogP contribution in [0.4, 0.5) is 11.4 Å². The summed E-state index contributed by atoms with van der Waals surface area (Å²) in [7, 11) is 0. The Labute approximate surface area is 292 Å². The van der Waals surface area contributed by atoms with E-state index in [0.29, 0.717) is 21.4 Å². The summed E-state index contributed by atoms with van der Waals surface area (Å²) in [5.74, 6) is 1.94. The van der Waals surface area contributed by atoms with E-state index in [-0.39, 0.29) is 5.91 Å². The van der Waals surface area contributed by atoms with Crippen LogP contribution in [0, 0.1) is 0 Å². The van der Waals surface area contributed by atoms with Crippen LogP contribution in [-0.2, 0) is 11.3 Å². The summed E-state index contributed by atoms with van der Waals surface area (Å²) in [5, 5.41) is 10.7. The maximum absolute atomic E-state index is 14.3. The summed E-state index contributed by atoms with van der Waals surface area (Å²) in [6.45, 7) is 12.0. The van der Waals surface area contributed by atoms with Gasteiger partial charge in [0.25, 0.3) is 5.91 Å². The smallest absolute Gasteiger partial charge is 0.275 e. The molecule has 246 valence electrons. The third-order valence-corrected chi connectivity index (χ3v) is 10.2. The highest BCUT2D eigenvalue weighted by molar-refractivity contribution is 8.22. The van der Waals surface area contributed by atoms with Gasteiger partial charge in [0.2, 0.25) is 0 Å². The van der Waals surface area contributed by atoms with Crippen molar-refractivity contribution in [2.45, 2.75) is 39.0 Å². The van der Waals surface area contributed by atoms with Crippen molar-refractivity contribution < 1.29 is 9.53 Å². The van der Waals surface area contributed by atoms with Gasteiger partial charge in [-0.1, -0.05) is 84.6 Å². The van der Waals surface area contributed by atoms with Crippen molar-refractivity contribution in [3.05, 3.63) is 119 Å². The fourth-order valence-electron chi connectivity index (χ4n) is 6.62. The van der Waals surface area contributed by atoms with Crippen LogP contribution in [0.1, 0.15) is 60.3 Å². The van der Waals surface area contributed by atoms with E-state index < -0.39 is 5.54 Å². The fraction of sp³-hybridized carbons (Fsp3) is 0.263. The number of nitrogens with one attached hydrogen (secondary N) is 1. The summed E-state index contributed by atoms with van der Waals surface area (Å²) in [6, 6.07) is 30.5. The van der Waals surface area contributed by atoms with Gasteiger partial charge in [0, 0.05) is 77.7 Å². The van der Waals surface area contributed by atoms with Crippen LogP contribution in [0.3, 0.4) is 0 Å². The standard InChI is InChI=1S/C38H40N6O2S2/c1-5-42(6-2)28-18-20-32-34(24-28)46-35-25-29(43(7-3)8-4)19-21-33(35)38(32)31-17-13-12-16-30(31)36(45)44(38)40-23-22-39-41-37(47)48-26-27-14-10-9-11-15-27/h9-25H,5-8,26H2,1-4H3,(H,41,47)/b39-22-,40-23+. The van der Waals surface area contributed by atoms with Crippen molar-refractivity contribution in [3.63, 3.8) is 0 Å². The van der Waals surface area contributed by atoms with Crippen LogP contribution in [0.25, 0.3) is 0 Å². The minimum Gasteiger partial charge on any atom is -0.456 e. The SMILES string of the molecule is CCN(CC)c1ccc2c(c1)Oc1cc(N(CC)CC)ccc1C21c2ccccc2C(=O)N1/N=C/C=N\NC(=S)SCc1ccccc1. The molecule has 4 aromatic carbocycles. The van der Waals surface area contributed by atoms with Crippen molar-refractivity contribution in [2.75, 3.05) is 36.0 Å². The molecular weight excluding hydrogens is 637 g/mol. The number of carbonyl (C=O) groups is 1. The summed E-state index contributed by atoms with van der Waals surface area (Å²) >= 11 is 6.96. The van der Waals surface area contributed by atoms with Gasteiger partial charge >= 0.3 is 0 Å². The van der Waals surface area contributed by atoms with Crippen molar-refractivity contribution in [3.8, 4) is 11.5 Å². The van der Waals surface area contributed by atoms with E-state index in [2.05, 4.69) is 96.6 Å². The van der Waals surface area contributed by atoms with Gasteiger partial charge in [-0.05, 0) is 51.5 Å². The number of amides is 1. The predicted molar refractivity (Wildman–Crippen MR) is 203 cm³/mol. The van der Waals surface area contributed by atoms with Gasteiger partial charge < -0.3 is 14.5 Å². The molecule has 0 saturated carbocycles. The van der Waals surface area contributed by atoms with Crippen LogP contribution in [0.2, 0.25) is 0 Å². The third kappa shape index (κ3) is 6.06. The van der Waals surface area contributed by atoms with E-state index in [1.807, 2.05) is 42.5 Å². The number of benzene rings is 4. The zero-order valence-electron chi connectivity index (χ0n) is 27.7. The van der Waals surface area contributed by atoms with Crippen LogP contribution in [0.15, 0.2) is 101 Å². The number of carbonyl (C=O) groups excluding carboxylic acids is 1. The zero-order chi connectivity index (χ0) is 33.7. The van der Waals surface area contributed by atoms with E-state index in [4.69, 9.17) is 22.1 Å². The quantitative estimate of drug-likeness (QED) is 0.0981. The average molecular weight is 677 g/mol. The topological polar surface area (TPSA) is 72.8 Å². The van der Waals surface area contributed by atoms with Crippen molar-refractivity contribution in [2.24, 2.45) is 10.2 Å². The molecule has 0 bridgehead atoms. The highest BCUT2D eigenvalue weighted by Gasteiger charge is 2.57. The van der Waals surface area contributed by atoms with Gasteiger partial charge in [0.05, 0.1) is 12.4 Å². The molecule has 2 aliphatic heterocycles. The maximum Gasteiger partial charge on any atom is 0.275 e. The van der Waals surface area contributed by atoms with Crippen LogP contribution in [0.5, 0.6) is 11.5 Å². The molecule has 1 amide bonds. The number of anilines is 2. The molecule has 0 radical (unpaired) electrons. The summed E-state index contributed by atoms with van der Waals surface area (Å²) in [5.41, 5.74) is 8.31. The lowest BCUT2D eigenvalue weighted by atomic mass is 9.75. The molecule has 0 atom stereocenters. The molecule has 2 heterocycles. The van der Waals surface area contributed by atoms with Gasteiger partial charge in [-0.15, -0.1) is 0 Å². The Kier molecular flexibility index (Phi) is 10.1. The van der Waals surface area contributed by atoms with E-state index in [9.17, 15) is 4.79 Å². The highest BCUT2D eigenvalue weighted by atomic mass is 32.2. The Morgan fingerprint density at radius 1 is 0.812 bits per heavy atom. The van der Waals surface area contributed by atoms with E-state index in [1.54, 1.807) is 5.01 Å². The number of hydrogen-bond acceptors (Lipinski definition) is 8. The molecule has 0 unspecified atom stereocenters. The Bertz CT molecular complexity index is 1790. The van der Waals surface area contributed by atoms with E-state index in [1.165, 1.54) is 29.8 Å². The second kappa shape index (κ2) is 14.6. The number of thioether (sulfide) groups is 1. The largest absolute Gasteiger partial charge is 0.456 e. The first kappa shape index (κ1) is 33.2. The number of hydrogen-bond donors (Lipinski definition) is 1. The Morgan fingerprint density at radius 2 is 1.40 bits per heavy atom. The van der Waals surface area contributed by atoms with Crippen LogP contribution < -0.4 is 20.0 Å². The number of ether oxygens (including phenoxy) is 1. The van der Waals surface area contributed by atoms with E-state index >= 15 is 0 Å². The van der Waals surface area contributed by atoms with Gasteiger partial charge in [-0.25, -0.2) is 5.01 Å². The second-order valence-corrected chi connectivity index (χ2v) is 13.0. The molecule has 6 rings (SSSR count). The first-order chi connectivity index (χ1) is 23.5. The van der Waals surface area contributed by atoms with E-state index in [0.717, 1.165) is 60.0 Å². The second-order valence-electron chi connectivity index (χ2n) is 11.4. The van der Waals surface area contributed by atoms with Crippen molar-refractivity contribution >= 4 is 58.0 Å². The Hall–Kier alpha value is -4.67. The van der Waals surface area contributed by atoms with Crippen LogP contribution in [-0.4, -0.2) is 53.8 Å². The molecule has 4 aromatic rings. The molecule has 48 heavy (non-hydrogen) atoms. The molecule has 8 nitrogen and oxygen atoms in total. The van der Waals surface area contributed by atoms with Gasteiger partial charge in [0.1, 0.15) is 17.0 Å². The molecule has 0 fully saturated rings. The van der Waals surface area contributed by atoms with Gasteiger partial charge in [-0.2, -0.15) is 10.2 Å². The Morgan fingerprint density at radius 3 is 2.00 bits per heavy atom. The van der Waals surface area contributed by atoms with Crippen LogP contribution >= 0.6 is 24.0 Å². The predicted octanol–water partition coefficient (Wildman–Crippen LogP) is 8.01. The minimum absolute atomic E-state index is 0.198. The third-order valence-electron chi connectivity index (χ3n) is 8.94. The Balaban J connectivity index is 1.41. The maximum atomic E-state index is 14.3. The number of fused-ring (bicyclic) bond motifs is 6. The molecular formula is C38H40N6O2S2. The lowest BCUT2D eigenvalue weighted by molar-refractivity contribution is 0.0675. The average Bonchev–Trinajstić information content (AvgIpc) is 3.36. The number of nitrogens with zero attached hydrogens (tertiary/aromatic N) is 5. The van der Waals surface area contributed by atoms with Crippen molar-refractivity contribution in [1.82, 2.24) is 10.4 Å². The molecule has 2 aliphatic rings. The van der Waals surface area contributed by atoms with Crippen molar-refractivity contribution in [1.29, 1.82) is 0 Å². The lowest BCUT2D eigenvalue weighted by Gasteiger charge is -2.42. The number of rotatable bonds is 11. The zero-order valence-corrected chi connectivity index (χ0v) is 29.4. The molecule has 0 aliphatic carbocycles. The lowest BCUT2D eigenvalue weighted by Crippen LogP contribution is -2.44. The number of thiocarbonyl (C=S) groups is 1. The number of hydrazone groups is 2. The molecule has 10 heteroatoms. The van der Waals surface area contributed by atoms with Gasteiger partial charge in [-0.3, -0.25) is 10.2 Å². The fourth-order valence-corrected chi connectivity index (χ4v) is 7.46. The summed E-state index contributed by atoms with van der Waals surface area (Å²) in [6.07, 6.45) is 3.06. The first-order valence-corrected chi connectivity index (χ1v) is 17.8. The first-order valence-electron chi connectivity index (χ1n) is 16.4. The highest BCUT2D eigenvalue weighted by Crippen LogP contribution is 2.58. The molecule has 1 N–H and O–H groups in total. The normalized spacial score (nSPS) is 14.2. The van der Waals surface area contributed by atoms with Gasteiger partial charge in [0.15, 0.2) is 4.32 Å². The molecule has 0 aromatic heterocycles. The summed E-state index contributed by atoms with van der Waals surface area (Å²) in [4.78, 5) is 18.9. The molecule has 1 spiro atoms. The monoisotopic (exact) mass is 676 g/mol.